The van der Waals surface area contributed by atoms with Crippen LogP contribution in [-0.4, -0.2) is 28.8 Å². The van der Waals surface area contributed by atoms with Gasteiger partial charge in [-0.1, -0.05) is 15.9 Å². The number of alkyl halides is 1. The predicted molar refractivity (Wildman–Crippen MR) is 70.7 cm³/mol. The van der Waals surface area contributed by atoms with Gasteiger partial charge in [0.25, 0.3) is 0 Å². The van der Waals surface area contributed by atoms with Crippen LogP contribution in [0.1, 0.15) is 38.5 Å². The van der Waals surface area contributed by atoms with E-state index in [0.29, 0.717) is 12.5 Å². The summed E-state index contributed by atoms with van der Waals surface area (Å²) in [6.07, 6.45) is 8.51. The van der Waals surface area contributed by atoms with Crippen LogP contribution < -0.4 is 5.32 Å². The first-order valence-corrected chi connectivity index (χ1v) is 8.05. The fourth-order valence-corrected chi connectivity index (χ4v) is 3.16. The summed E-state index contributed by atoms with van der Waals surface area (Å²) in [5.41, 5.74) is 0. The number of thioether (sulfide) groups is 1. The number of carbonyl (C=O) groups is 1. The van der Waals surface area contributed by atoms with E-state index in [-0.39, 0.29) is 5.91 Å². The maximum atomic E-state index is 11.5. The molecule has 0 aromatic carbocycles. The van der Waals surface area contributed by atoms with Gasteiger partial charge in [0.2, 0.25) is 5.91 Å². The minimum Gasteiger partial charge on any atom is -0.353 e. The molecule has 0 bridgehead atoms. The number of unbranched alkanes of at least 4 members (excludes halogenated alkanes) is 1. The zero-order chi connectivity index (χ0) is 11.1. The van der Waals surface area contributed by atoms with E-state index in [0.717, 1.165) is 36.3 Å². The Hall–Kier alpha value is 0.300. The third-order valence-corrected chi connectivity index (χ3v) is 4.53. The Labute approximate surface area is 105 Å². The number of hydrogen-bond acceptors (Lipinski definition) is 2. The molecule has 0 aromatic heterocycles. The second kappa shape index (κ2) is 7.55. The van der Waals surface area contributed by atoms with Crippen LogP contribution in [0.3, 0.4) is 0 Å². The summed E-state index contributed by atoms with van der Waals surface area (Å²) >= 11 is 5.30. The third kappa shape index (κ3) is 5.25. The fraction of sp³-hybridized carbons (Fsp3) is 0.909. The third-order valence-electron chi connectivity index (χ3n) is 2.87. The summed E-state index contributed by atoms with van der Waals surface area (Å²) in [6.45, 7) is 0. The van der Waals surface area contributed by atoms with Crippen molar-refractivity contribution in [3.05, 3.63) is 0 Å². The monoisotopic (exact) mass is 293 g/mol. The van der Waals surface area contributed by atoms with Crippen molar-refractivity contribution in [2.75, 3.05) is 11.6 Å². The van der Waals surface area contributed by atoms with Gasteiger partial charge in [-0.2, -0.15) is 11.8 Å². The highest BCUT2D eigenvalue weighted by Crippen LogP contribution is 2.28. The molecule has 0 spiro atoms. The molecule has 0 aromatic rings. The molecular formula is C11H20BrNOS. The first-order chi connectivity index (χ1) is 7.26. The van der Waals surface area contributed by atoms with Crippen LogP contribution in [0.4, 0.5) is 0 Å². The van der Waals surface area contributed by atoms with E-state index in [1.54, 1.807) is 0 Å². The van der Waals surface area contributed by atoms with Gasteiger partial charge in [-0.05, 0) is 38.4 Å². The van der Waals surface area contributed by atoms with Crippen molar-refractivity contribution in [1.29, 1.82) is 0 Å². The Morgan fingerprint density at radius 3 is 2.87 bits per heavy atom. The van der Waals surface area contributed by atoms with Crippen molar-refractivity contribution < 1.29 is 4.79 Å². The minimum atomic E-state index is 0.239. The van der Waals surface area contributed by atoms with Crippen molar-refractivity contribution in [3.8, 4) is 0 Å². The maximum absolute atomic E-state index is 11.5. The molecule has 0 radical (unpaired) electrons. The quantitative estimate of drug-likeness (QED) is 0.603. The Morgan fingerprint density at radius 2 is 2.27 bits per heavy atom. The van der Waals surface area contributed by atoms with Crippen LogP contribution in [-0.2, 0) is 4.79 Å². The first-order valence-electron chi connectivity index (χ1n) is 5.64. The molecule has 1 aliphatic rings. The van der Waals surface area contributed by atoms with Gasteiger partial charge < -0.3 is 5.32 Å². The zero-order valence-electron chi connectivity index (χ0n) is 9.30. The van der Waals surface area contributed by atoms with E-state index in [4.69, 9.17) is 0 Å². The van der Waals surface area contributed by atoms with Crippen molar-refractivity contribution in [2.24, 2.45) is 0 Å². The van der Waals surface area contributed by atoms with Crippen molar-refractivity contribution in [1.82, 2.24) is 5.32 Å². The molecule has 2 atom stereocenters. The Morgan fingerprint density at radius 1 is 1.47 bits per heavy atom. The second-order valence-electron chi connectivity index (χ2n) is 4.08. The number of rotatable bonds is 6. The van der Waals surface area contributed by atoms with E-state index in [1.165, 1.54) is 6.42 Å². The molecule has 2 nitrogen and oxygen atoms in total. The van der Waals surface area contributed by atoms with Crippen LogP contribution in [0.15, 0.2) is 0 Å². The van der Waals surface area contributed by atoms with Crippen LogP contribution in [0.2, 0.25) is 0 Å². The molecule has 15 heavy (non-hydrogen) atoms. The Kier molecular flexibility index (Phi) is 6.73. The molecular weight excluding hydrogens is 274 g/mol. The lowest BCUT2D eigenvalue weighted by molar-refractivity contribution is -0.121. The molecule has 2 unspecified atom stereocenters. The highest BCUT2D eigenvalue weighted by molar-refractivity contribution is 9.09. The molecule has 1 N–H and O–H groups in total. The van der Waals surface area contributed by atoms with Crippen molar-refractivity contribution >= 4 is 33.6 Å². The van der Waals surface area contributed by atoms with Gasteiger partial charge in [-0.15, -0.1) is 0 Å². The number of halogens is 1. The minimum absolute atomic E-state index is 0.239. The van der Waals surface area contributed by atoms with Gasteiger partial charge in [0.1, 0.15) is 0 Å². The lowest BCUT2D eigenvalue weighted by Crippen LogP contribution is -2.32. The van der Waals surface area contributed by atoms with Gasteiger partial charge in [0, 0.05) is 23.0 Å². The van der Waals surface area contributed by atoms with E-state index >= 15 is 0 Å². The summed E-state index contributed by atoms with van der Waals surface area (Å²) in [5, 5.41) is 4.89. The van der Waals surface area contributed by atoms with Crippen molar-refractivity contribution in [3.63, 3.8) is 0 Å². The highest BCUT2D eigenvalue weighted by atomic mass is 79.9. The largest absolute Gasteiger partial charge is 0.353 e. The molecule has 1 amide bonds. The normalized spacial score (nSPS) is 25.5. The summed E-state index contributed by atoms with van der Waals surface area (Å²) in [5.74, 6) is 0.239. The Balaban J connectivity index is 2.10. The number of nitrogens with one attached hydrogen (secondary N) is 1. The number of carbonyl (C=O) groups excluding carboxylic acids is 1. The lowest BCUT2D eigenvalue weighted by atomic mass is 10.2. The topological polar surface area (TPSA) is 29.1 Å². The molecule has 0 aliphatic heterocycles. The van der Waals surface area contributed by atoms with Gasteiger partial charge in [-0.3, -0.25) is 4.79 Å². The van der Waals surface area contributed by atoms with Gasteiger partial charge in [0.15, 0.2) is 0 Å². The average molecular weight is 294 g/mol. The maximum Gasteiger partial charge on any atom is 0.220 e. The zero-order valence-corrected chi connectivity index (χ0v) is 11.7. The van der Waals surface area contributed by atoms with Gasteiger partial charge in [-0.25, -0.2) is 0 Å². The number of hydrogen-bond donors (Lipinski definition) is 1. The van der Waals surface area contributed by atoms with E-state index < -0.39 is 0 Å². The molecule has 0 saturated heterocycles. The summed E-state index contributed by atoms with van der Waals surface area (Å²) in [6, 6.07) is 0.443. The number of amides is 1. The smallest absolute Gasteiger partial charge is 0.220 e. The summed E-state index contributed by atoms with van der Waals surface area (Å²) in [4.78, 5) is 11.5. The van der Waals surface area contributed by atoms with E-state index in [1.807, 2.05) is 11.8 Å². The highest BCUT2D eigenvalue weighted by Gasteiger charge is 2.24. The van der Waals surface area contributed by atoms with E-state index in [2.05, 4.69) is 27.5 Å². The summed E-state index contributed by atoms with van der Waals surface area (Å²) < 4.78 is 0. The Bertz CT molecular complexity index is 201. The van der Waals surface area contributed by atoms with Crippen LogP contribution in [0, 0.1) is 0 Å². The molecule has 1 saturated carbocycles. The first kappa shape index (κ1) is 13.4. The standard InChI is InChI=1S/C11H20BrNOS/c1-15-10-6-5-9(8-10)13-11(14)4-2-3-7-12/h9-10H,2-8H2,1H3,(H,13,14). The molecule has 1 fully saturated rings. The van der Waals surface area contributed by atoms with Crippen molar-refractivity contribution in [2.45, 2.75) is 49.8 Å². The molecule has 0 heterocycles. The average Bonchev–Trinajstić information content (AvgIpc) is 2.66. The van der Waals surface area contributed by atoms with E-state index in [9.17, 15) is 4.79 Å². The predicted octanol–water partition coefficient (Wildman–Crippen LogP) is 2.95. The summed E-state index contributed by atoms with van der Waals surface area (Å²) in [7, 11) is 0. The SMILES string of the molecule is CSC1CCC(NC(=O)CCCCBr)C1. The molecule has 1 aliphatic carbocycles. The van der Waals surface area contributed by atoms with Crippen LogP contribution in [0.5, 0.6) is 0 Å². The second-order valence-corrected chi connectivity index (χ2v) is 6.01. The van der Waals surface area contributed by atoms with Crippen LogP contribution in [0.25, 0.3) is 0 Å². The fourth-order valence-electron chi connectivity index (χ4n) is 1.97. The van der Waals surface area contributed by atoms with Crippen LogP contribution >= 0.6 is 27.7 Å². The molecule has 4 heteroatoms. The van der Waals surface area contributed by atoms with Gasteiger partial charge in [0.05, 0.1) is 0 Å². The molecule has 88 valence electrons. The molecule has 1 rings (SSSR count). The lowest BCUT2D eigenvalue weighted by Gasteiger charge is -2.12. The van der Waals surface area contributed by atoms with Gasteiger partial charge >= 0.3 is 0 Å².